The molecule has 1 heterocycles. The number of aliphatic hydroxyl groups is 7. The van der Waals surface area contributed by atoms with Crippen molar-refractivity contribution < 1.29 is 70.2 Å². The largest absolute Gasteiger partial charge is 0.508 e. The molecule has 2 aromatic carbocycles. The van der Waals surface area contributed by atoms with Crippen molar-refractivity contribution in [2.24, 2.45) is 0 Å². The summed E-state index contributed by atoms with van der Waals surface area (Å²) in [4.78, 5) is 39.8. The number of ketones is 2. The van der Waals surface area contributed by atoms with E-state index < -0.39 is 95.3 Å². The summed E-state index contributed by atoms with van der Waals surface area (Å²) in [6.45, 7) is -0.994. The summed E-state index contributed by atoms with van der Waals surface area (Å²) in [6, 6.07) is 10.2. The third-order valence-corrected chi connectivity index (χ3v) is 7.57. The van der Waals surface area contributed by atoms with Crippen molar-refractivity contribution in [3.63, 3.8) is 0 Å². The topological polar surface area (TPSA) is 263 Å². The minimum atomic E-state index is -3.54. The van der Waals surface area contributed by atoms with Crippen molar-refractivity contribution in [1.82, 2.24) is 0 Å². The van der Waals surface area contributed by atoms with Crippen molar-refractivity contribution in [3.05, 3.63) is 88.4 Å². The first kappa shape index (κ1) is 32.3. The molecule has 7 unspecified atom stereocenters. The number of allylic oxidation sites excluding steroid dienone is 2. The van der Waals surface area contributed by atoms with Crippen molar-refractivity contribution in [2.45, 2.75) is 48.5 Å². The van der Waals surface area contributed by atoms with Gasteiger partial charge in [-0.25, -0.2) is 0 Å². The minimum absolute atomic E-state index is 0.0177. The van der Waals surface area contributed by atoms with E-state index in [4.69, 9.17) is 4.74 Å². The van der Waals surface area contributed by atoms with Crippen molar-refractivity contribution >= 4 is 23.6 Å². The molecule has 44 heavy (non-hydrogen) atoms. The Kier molecular flexibility index (Phi) is 9.25. The number of aromatic hydroxyl groups is 2. The van der Waals surface area contributed by atoms with Crippen LogP contribution in [0.2, 0.25) is 0 Å². The fourth-order valence-electron chi connectivity index (χ4n) is 5.23. The number of aliphatic carboxylic acids is 1. The summed E-state index contributed by atoms with van der Waals surface area (Å²) < 4.78 is 5.35. The predicted molar refractivity (Wildman–Crippen MR) is 148 cm³/mol. The van der Waals surface area contributed by atoms with Gasteiger partial charge in [-0.1, -0.05) is 30.3 Å². The molecule has 0 amide bonds. The van der Waals surface area contributed by atoms with E-state index in [1.54, 1.807) is 0 Å². The van der Waals surface area contributed by atoms with Gasteiger partial charge in [0.1, 0.15) is 59.1 Å². The van der Waals surface area contributed by atoms with Crippen LogP contribution in [0, 0.1) is 0 Å². The molecule has 1 fully saturated rings. The second-order valence-corrected chi connectivity index (χ2v) is 10.4. The van der Waals surface area contributed by atoms with E-state index in [9.17, 15) is 65.4 Å². The number of hydrogen-bond donors (Lipinski definition) is 10. The van der Waals surface area contributed by atoms with Crippen LogP contribution in [-0.2, 0) is 19.1 Å². The Morgan fingerprint density at radius 3 is 1.98 bits per heavy atom. The highest BCUT2D eigenvalue weighted by Gasteiger charge is 2.64. The average Bonchev–Trinajstić information content (AvgIpc) is 2.98. The highest BCUT2D eigenvalue weighted by Crippen LogP contribution is 2.44. The molecule has 7 atom stereocenters. The number of carboxylic acids is 1. The van der Waals surface area contributed by atoms with Crippen molar-refractivity contribution in [1.29, 1.82) is 0 Å². The van der Waals surface area contributed by atoms with E-state index in [1.807, 2.05) is 0 Å². The van der Waals surface area contributed by atoms with E-state index in [0.717, 1.165) is 18.2 Å². The molecule has 0 spiro atoms. The Morgan fingerprint density at radius 1 is 0.864 bits per heavy atom. The van der Waals surface area contributed by atoms with E-state index >= 15 is 0 Å². The number of hydrogen-bond acceptors (Lipinski definition) is 13. The average molecular weight is 615 g/mol. The van der Waals surface area contributed by atoms with Gasteiger partial charge in [-0.15, -0.1) is 0 Å². The molecule has 0 radical (unpaired) electrons. The smallest absolute Gasteiger partial charge is 0.304 e. The standard InChI is InChI=1S/C30H30O14/c31-12-19-23(37)25(39)26(40)29(44-19)30(43)27(41)21(17(11-20(35)36)14-4-8-16(33)9-5-14)24(38)22(28(30)42)18(34)10-3-13-1-6-15(32)7-2-13/h1-10,17,19,23,25-26,29,31-34,37-40,43H,11-12H2,(H,35,36)/b10-3+,22-18?. The predicted octanol–water partition coefficient (Wildman–Crippen LogP) is -0.281. The normalized spacial score (nSPS) is 29.6. The second-order valence-electron chi connectivity index (χ2n) is 10.4. The zero-order valence-electron chi connectivity index (χ0n) is 22.8. The quantitative estimate of drug-likeness (QED) is 0.104. The van der Waals surface area contributed by atoms with Gasteiger partial charge in [0, 0.05) is 11.5 Å². The van der Waals surface area contributed by atoms with E-state index in [2.05, 4.69) is 0 Å². The molecule has 2 aliphatic rings. The molecule has 1 aliphatic carbocycles. The number of phenols is 2. The van der Waals surface area contributed by atoms with E-state index in [-0.39, 0.29) is 17.1 Å². The van der Waals surface area contributed by atoms with Crippen LogP contribution in [0.25, 0.3) is 6.08 Å². The zero-order valence-corrected chi connectivity index (χ0v) is 22.8. The molecule has 10 N–H and O–H groups in total. The Morgan fingerprint density at radius 2 is 1.43 bits per heavy atom. The molecule has 234 valence electrons. The lowest BCUT2D eigenvalue weighted by atomic mass is 9.67. The summed E-state index contributed by atoms with van der Waals surface area (Å²) >= 11 is 0. The van der Waals surface area contributed by atoms with Crippen LogP contribution < -0.4 is 0 Å². The zero-order chi connectivity index (χ0) is 32.5. The van der Waals surface area contributed by atoms with Crippen LogP contribution in [0.15, 0.2) is 77.3 Å². The van der Waals surface area contributed by atoms with E-state index in [1.165, 1.54) is 42.5 Å². The number of aliphatic hydroxyl groups excluding tert-OH is 6. The summed E-state index contributed by atoms with van der Waals surface area (Å²) in [5, 5.41) is 104. The molecule has 0 bridgehead atoms. The first-order valence-electron chi connectivity index (χ1n) is 13.2. The summed E-state index contributed by atoms with van der Waals surface area (Å²) in [6.07, 6.45) is -9.28. The van der Waals surface area contributed by atoms with Crippen molar-refractivity contribution in [2.75, 3.05) is 6.61 Å². The highest BCUT2D eigenvalue weighted by molar-refractivity contribution is 6.28. The molecular weight excluding hydrogens is 584 g/mol. The number of carbonyl (C=O) groups is 3. The van der Waals surface area contributed by atoms with E-state index in [0.29, 0.717) is 5.56 Å². The number of Topliss-reactive ketones (excluding diaryl/α,β-unsaturated/α-hetero) is 2. The Labute approximate surface area is 249 Å². The maximum Gasteiger partial charge on any atom is 0.304 e. The summed E-state index contributed by atoms with van der Waals surface area (Å²) in [5.41, 5.74) is -5.11. The van der Waals surface area contributed by atoms with Gasteiger partial charge in [0.25, 0.3) is 0 Å². The minimum Gasteiger partial charge on any atom is -0.508 e. The Hall–Kier alpha value is -4.57. The summed E-state index contributed by atoms with van der Waals surface area (Å²) in [5.74, 6) is -9.00. The lowest BCUT2D eigenvalue weighted by molar-refractivity contribution is -0.260. The molecule has 1 aliphatic heterocycles. The lowest BCUT2D eigenvalue weighted by Gasteiger charge is -2.47. The molecule has 14 heteroatoms. The van der Waals surface area contributed by atoms with Gasteiger partial charge in [0.05, 0.1) is 13.0 Å². The number of benzene rings is 2. The number of rotatable bonds is 8. The van der Waals surface area contributed by atoms with Gasteiger partial charge in [-0.3, -0.25) is 14.4 Å². The number of carboxylic acid groups (broad SMARTS) is 1. The van der Waals surface area contributed by atoms with Gasteiger partial charge >= 0.3 is 5.97 Å². The van der Waals surface area contributed by atoms with Gasteiger partial charge in [0.15, 0.2) is 0 Å². The number of phenolic OH excluding ortho intramolecular Hbond substituents is 2. The first-order valence-corrected chi connectivity index (χ1v) is 13.2. The van der Waals surface area contributed by atoms with Gasteiger partial charge in [-0.05, 0) is 41.5 Å². The first-order chi connectivity index (χ1) is 20.7. The molecule has 2 aromatic rings. The van der Waals surface area contributed by atoms with Crippen LogP contribution in [0.1, 0.15) is 23.5 Å². The summed E-state index contributed by atoms with van der Waals surface area (Å²) in [7, 11) is 0. The second kappa shape index (κ2) is 12.6. The monoisotopic (exact) mass is 614 g/mol. The third-order valence-electron chi connectivity index (χ3n) is 7.57. The van der Waals surface area contributed by atoms with Crippen LogP contribution >= 0.6 is 0 Å². The molecule has 0 aromatic heterocycles. The van der Waals surface area contributed by atoms with Crippen LogP contribution in [0.4, 0.5) is 0 Å². The maximum atomic E-state index is 14.1. The Balaban J connectivity index is 1.98. The van der Waals surface area contributed by atoms with Gasteiger partial charge < -0.3 is 55.8 Å². The van der Waals surface area contributed by atoms with Crippen LogP contribution in [0.5, 0.6) is 11.5 Å². The Bertz CT molecular complexity index is 1520. The fourth-order valence-corrected chi connectivity index (χ4v) is 5.23. The van der Waals surface area contributed by atoms with Crippen molar-refractivity contribution in [3.8, 4) is 11.5 Å². The van der Waals surface area contributed by atoms with Crippen LogP contribution in [-0.4, -0.2) is 111 Å². The number of ether oxygens (including phenoxy) is 1. The van der Waals surface area contributed by atoms with Gasteiger partial charge in [-0.2, -0.15) is 0 Å². The fraction of sp³-hybridized carbons (Fsp3) is 0.300. The molecule has 0 saturated carbocycles. The number of carbonyl (C=O) groups excluding carboxylic acids is 2. The highest BCUT2D eigenvalue weighted by atomic mass is 16.6. The molecule has 4 rings (SSSR count). The molecule has 14 nitrogen and oxygen atoms in total. The van der Waals surface area contributed by atoms with Gasteiger partial charge in [0.2, 0.25) is 17.2 Å². The maximum absolute atomic E-state index is 14.1. The molecule has 1 saturated heterocycles. The van der Waals surface area contributed by atoms with Crippen LogP contribution in [0.3, 0.4) is 0 Å². The third kappa shape index (κ3) is 5.81. The SMILES string of the molecule is O=C(O)CC(C1=C(O)C(=C(O)/C=C/c2ccc(O)cc2)C(=O)C(O)(C2OC(CO)C(O)C(O)C2O)C1=O)c1ccc(O)cc1. The lowest BCUT2D eigenvalue weighted by Crippen LogP contribution is -2.71. The molecular formula is C30H30O14.